The molecule has 1 N–H and O–H groups in total. The summed E-state index contributed by atoms with van der Waals surface area (Å²) in [4.78, 5) is 15.5. The molecule has 4 nitrogen and oxygen atoms in total. The highest BCUT2D eigenvalue weighted by Gasteiger charge is 2.16. The number of carboxylic acids is 1. The SMILES string of the molecule is CC(c1cccc(Cl)c1)n1cnc2c(C(=O)O)cccc21. The summed E-state index contributed by atoms with van der Waals surface area (Å²) < 4.78 is 1.95. The maximum atomic E-state index is 11.2. The van der Waals surface area contributed by atoms with Crippen molar-refractivity contribution in [2.24, 2.45) is 0 Å². The van der Waals surface area contributed by atoms with E-state index in [1.54, 1.807) is 18.5 Å². The van der Waals surface area contributed by atoms with Crippen LogP contribution < -0.4 is 0 Å². The molecule has 1 aromatic heterocycles. The van der Waals surface area contributed by atoms with Gasteiger partial charge < -0.3 is 9.67 Å². The van der Waals surface area contributed by atoms with Crippen LogP contribution in [0.3, 0.4) is 0 Å². The van der Waals surface area contributed by atoms with E-state index in [4.69, 9.17) is 11.6 Å². The Labute approximate surface area is 126 Å². The standard InChI is InChI=1S/C16H13ClN2O2/c1-10(11-4-2-5-12(17)8-11)19-9-18-15-13(16(20)21)6-3-7-14(15)19/h2-10H,1H3,(H,20,21). The highest BCUT2D eigenvalue weighted by Crippen LogP contribution is 2.26. The topological polar surface area (TPSA) is 55.1 Å². The fourth-order valence-electron chi connectivity index (χ4n) is 2.47. The Kier molecular flexibility index (Phi) is 3.39. The molecule has 2 aromatic carbocycles. The molecule has 5 heteroatoms. The first kappa shape index (κ1) is 13.6. The molecule has 1 atom stereocenters. The van der Waals surface area contributed by atoms with Crippen molar-refractivity contribution in [1.29, 1.82) is 0 Å². The van der Waals surface area contributed by atoms with Gasteiger partial charge in [0.1, 0.15) is 5.52 Å². The maximum absolute atomic E-state index is 11.2. The minimum Gasteiger partial charge on any atom is -0.478 e. The van der Waals surface area contributed by atoms with Crippen LogP contribution in [0.1, 0.15) is 28.9 Å². The molecule has 3 rings (SSSR count). The van der Waals surface area contributed by atoms with Gasteiger partial charge in [0.25, 0.3) is 0 Å². The molecule has 0 fully saturated rings. The van der Waals surface area contributed by atoms with Gasteiger partial charge in [0.2, 0.25) is 0 Å². The lowest BCUT2D eigenvalue weighted by Crippen LogP contribution is -2.05. The lowest BCUT2D eigenvalue weighted by atomic mass is 10.1. The van der Waals surface area contributed by atoms with Gasteiger partial charge in [-0.05, 0) is 36.8 Å². The van der Waals surface area contributed by atoms with Crippen LogP contribution in [0.15, 0.2) is 48.8 Å². The van der Waals surface area contributed by atoms with Gasteiger partial charge in [-0.3, -0.25) is 0 Å². The van der Waals surface area contributed by atoms with E-state index in [9.17, 15) is 9.90 Å². The van der Waals surface area contributed by atoms with E-state index < -0.39 is 5.97 Å². The van der Waals surface area contributed by atoms with E-state index in [2.05, 4.69) is 4.98 Å². The quantitative estimate of drug-likeness (QED) is 0.795. The molecule has 3 aromatic rings. The van der Waals surface area contributed by atoms with Crippen molar-refractivity contribution in [2.75, 3.05) is 0 Å². The highest BCUT2D eigenvalue weighted by molar-refractivity contribution is 6.30. The number of rotatable bonds is 3. The van der Waals surface area contributed by atoms with Crippen LogP contribution in [0.25, 0.3) is 11.0 Å². The van der Waals surface area contributed by atoms with E-state index >= 15 is 0 Å². The third kappa shape index (κ3) is 2.38. The number of benzene rings is 2. The van der Waals surface area contributed by atoms with E-state index in [0.717, 1.165) is 11.1 Å². The number of nitrogens with zero attached hydrogens (tertiary/aromatic N) is 2. The second-order valence-corrected chi connectivity index (χ2v) is 5.30. The number of carbonyl (C=O) groups is 1. The largest absolute Gasteiger partial charge is 0.478 e. The number of hydrogen-bond donors (Lipinski definition) is 1. The third-order valence-electron chi connectivity index (χ3n) is 3.58. The smallest absolute Gasteiger partial charge is 0.337 e. The zero-order chi connectivity index (χ0) is 15.0. The summed E-state index contributed by atoms with van der Waals surface area (Å²) in [6, 6.07) is 12.8. The molecule has 0 radical (unpaired) electrons. The van der Waals surface area contributed by atoms with Crippen molar-refractivity contribution in [3.05, 3.63) is 64.9 Å². The summed E-state index contributed by atoms with van der Waals surface area (Å²) in [5, 5.41) is 9.89. The molecule has 0 aliphatic carbocycles. The van der Waals surface area contributed by atoms with Gasteiger partial charge in [-0.15, -0.1) is 0 Å². The molecule has 0 spiro atoms. The maximum Gasteiger partial charge on any atom is 0.337 e. The fourth-order valence-corrected chi connectivity index (χ4v) is 2.66. The van der Waals surface area contributed by atoms with Gasteiger partial charge in [-0.2, -0.15) is 0 Å². The predicted octanol–water partition coefficient (Wildman–Crippen LogP) is 4.00. The molecule has 1 heterocycles. The molecule has 0 bridgehead atoms. The Bertz CT molecular complexity index is 826. The average molecular weight is 301 g/mol. The molecule has 0 aliphatic heterocycles. The molecule has 21 heavy (non-hydrogen) atoms. The molecule has 0 amide bonds. The van der Waals surface area contributed by atoms with Crippen LogP contribution >= 0.6 is 11.6 Å². The average Bonchev–Trinajstić information content (AvgIpc) is 2.90. The van der Waals surface area contributed by atoms with E-state index in [1.165, 1.54) is 0 Å². The van der Waals surface area contributed by atoms with Crippen LogP contribution in [-0.4, -0.2) is 20.6 Å². The normalized spacial score (nSPS) is 12.5. The number of imidazole rings is 1. The first-order chi connectivity index (χ1) is 10.1. The van der Waals surface area contributed by atoms with Crippen molar-refractivity contribution < 1.29 is 9.90 Å². The van der Waals surface area contributed by atoms with Gasteiger partial charge in [0, 0.05) is 5.02 Å². The van der Waals surface area contributed by atoms with Crippen LogP contribution in [0.5, 0.6) is 0 Å². The lowest BCUT2D eigenvalue weighted by molar-refractivity contribution is 0.0699. The molecule has 0 saturated carbocycles. The summed E-state index contributed by atoms with van der Waals surface area (Å²) in [7, 11) is 0. The summed E-state index contributed by atoms with van der Waals surface area (Å²) in [6.45, 7) is 2.03. The predicted molar refractivity (Wildman–Crippen MR) is 82.0 cm³/mol. The second-order valence-electron chi connectivity index (χ2n) is 4.86. The van der Waals surface area contributed by atoms with Crippen molar-refractivity contribution in [3.63, 3.8) is 0 Å². The minimum absolute atomic E-state index is 0.0118. The molecular weight excluding hydrogens is 288 g/mol. The zero-order valence-electron chi connectivity index (χ0n) is 11.3. The number of aromatic nitrogens is 2. The molecule has 106 valence electrons. The van der Waals surface area contributed by atoms with Gasteiger partial charge in [-0.1, -0.05) is 29.8 Å². The van der Waals surface area contributed by atoms with E-state index in [0.29, 0.717) is 10.5 Å². The number of hydrogen-bond acceptors (Lipinski definition) is 2. The first-order valence-electron chi connectivity index (χ1n) is 6.52. The molecule has 1 unspecified atom stereocenters. The second kappa shape index (κ2) is 5.22. The van der Waals surface area contributed by atoms with Crippen molar-refractivity contribution >= 4 is 28.6 Å². The Morgan fingerprint density at radius 1 is 1.29 bits per heavy atom. The molecule has 0 saturated heterocycles. The highest BCUT2D eigenvalue weighted by atomic mass is 35.5. The number of aromatic carboxylic acids is 1. The summed E-state index contributed by atoms with van der Waals surface area (Å²) >= 11 is 6.03. The monoisotopic (exact) mass is 300 g/mol. The fraction of sp³-hybridized carbons (Fsp3) is 0.125. The Hall–Kier alpha value is -2.33. The van der Waals surface area contributed by atoms with E-state index in [1.807, 2.05) is 41.8 Å². The number of halogens is 1. The van der Waals surface area contributed by atoms with Crippen molar-refractivity contribution in [1.82, 2.24) is 9.55 Å². The van der Waals surface area contributed by atoms with Crippen LogP contribution in [-0.2, 0) is 0 Å². The Morgan fingerprint density at radius 3 is 2.76 bits per heavy atom. The van der Waals surface area contributed by atoms with Gasteiger partial charge in [-0.25, -0.2) is 9.78 Å². The van der Waals surface area contributed by atoms with Crippen molar-refractivity contribution in [2.45, 2.75) is 13.0 Å². The minimum atomic E-state index is -0.971. The third-order valence-corrected chi connectivity index (χ3v) is 3.82. The Balaban J connectivity index is 2.13. The number of para-hydroxylation sites is 1. The van der Waals surface area contributed by atoms with Crippen LogP contribution in [0, 0.1) is 0 Å². The molecular formula is C16H13ClN2O2. The summed E-state index contributed by atoms with van der Waals surface area (Å²) in [6.07, 6.45) is 1.67. The molecule has 0 aliphatic rings. The van der Waals surface area contributed by atoms with Gasteiger partial charge in [0.05, 0.1) is 23.4 Å². The summed E-state index contributed by atoms with van der Waals surface area (Å²) in [5.41, 5.74) is 2.55. The first-order valence-corrected chi connectivity index (χ1v) is 6.90. The summed E-state index contributed by atoms with van der Waals surface area (Å²) in [5.74, 6) is -0.971. The van der Waals surface area contributed by atoms with Crippen LogP contribution in [0.4, 0.5) is 0 Å². The lowest BCUT2D eigenvalue weighted by Gasteiger charge is -2.15. The number of fused-ring (bicyclic) bond motifs is 1. The zero-order valence-corrected chi connectivity index (χ0v) is 12.1. The van der Waals surface area contributed by atoms with Gasteiger partial charge >= 0.3 is 5.97 Å². The van der Waals surface area contributed by atoms with Crippen LogP contribution in [0.2, 0.25) is 5.02 Å². The van der Waals surface area contributed by atoms with Gasteiger partial charge in [0.15, 0.2) is 0 Å². The number of carboxylic acid groups (broad SMARTS) is 1. The van der Waals surface area contributed by atoms with Crippen molar-refractivity contribution in [3.8, 4) is 0 Å². The van der Waals surface area contributed by atoms with E-state index in [-0.39, 0.29) is 11.6 Å². The Morgan fingerprint density at radius 2 is 2.05 bits per heavy atom.